The third-order valence-electron chi connectivity index (χ3n) is 3.59. The maximum absolute atomic E-state index is 12.4. The van der Waals surface area contributed by atoms with E-state index in [9.17, 15) is 9.90 Å². The SMILES string of the molecule is CC1(O)CCCN(C(=O)c2cccc(C#N)c2)CC1. The lowest BCUT2D eigenvalue weighted by Gasteiger charge is -2.22. The summed E-state index contributed by atoms with van der Waals surface area (Å²) in [5, 5.41) is 18.9. The van der Waals surface area contributed by atoms with Crippen molar-refractivity contribution in [3.05, 3.63) is 35.4 Å². The lowest BCUT2D eigenvalue weighted by Crippen LogP contribution is -2.33. The average molecular weight is 258 g/mol. The van der Waals surface area contributed by atoms with E-state index >= 15 is 0 Å². The Hall–Kier alpha value is -1.86. The van der Waals surface area contributed by atoms with Gasteiger partial charge in [0.25, 0.3) is 5.91 Å². The Kier molecular flexibility index (Phi) is 3.87. The van der Waals surface area contributed by atoms with Crippen LogP contribution in [-0.2, 0) is 0 Å². The maximum atomic E-state index is 12.4. The van der Waals surface area contributed by atoms with E-state index in [2.05, 4.69) is 0 Å². The molecule has 1 aromatic carbocycles. The molecule has 1 aromatic rings. The standard InChI is InChI=1S/C15H18N2O2/c1-15(19)6-3-8-17(9-7-15)14(18)13-5-2-4-12(10-13)11-16/h2,4-5,10,19H,3,6-9H2,1H3. The number of nitriles is 1. The molecular formula is C15H18N2O2. The second-order valence-electron chi connectivity index (χ2n) is 5.34. The predicted molar refractivity (Wildman–Crippen MR) is 71.5 cm³/mol. The quantitative estimate of drug-likeness (QED) is 0.837. The van der Waals surface area contributed by atoms with Crippen molar-refractivity contribution in [1.82, 2.24) is 4.90 Å². The molecule has 1 saturated heterocycles. The first-order chi connectivity index (χ1) is 9.02. The van der Waals surface area contributed by atoms with Crippen LogP contribution in [0.3, 0.4) is 0 Å². The minimum absolute atomic E-state index is 0.0604. The van der Waals surface area contributed by atoms with E-state index in [1.807, 2.05) is 13.0 Å². The number of hydrogen-bond donors (Lipinski definition) is 1. The molecule has 1 N–H and O–H groups in total. The summed E-state index contributed by atoms with van der Waals surface area (Å²) in [5.74, 6) is -0.0604. The van der Waals surface area contributed by atoms with Crippen LogP contribution in [0.15, 0.2) is 24.3 Å². The van der Waals surface area contributed by atoms with Gasteiger partial charge in [-0.25, -0.2) is 0 Å². The minimum Gasteiger partial charge on any atom is -0.390 e. The number of likely N-dealkylation sites (tertiary alicyclic amines) is 1. The third kappa shape index (κ3) is 3.33. The zero-order valence-electron chi connectivity index (χ0n) is 11.1. The number of carbonyl (C=O) groups is 1. The first-order valence-corrected chi connectivity index (χ1v) is 6.54. The number of nitrogens with zero attached hydrogens (tertiary/aromatic N) is 2. The van der Waals surface area contributed by atoms with Crippen LogP contribution in [0.5, 0.6) is 0 Å². The molecule has 1 aliphatic heterocycles. The fourth-order valence-electron chi connectivity index (χ4n) is 2.37. The Morgan fingerprint density at radius 3 is 2.95 bits per heavy atom. The van der Waals surface area contributed by atoms with Gasteiger partial charge in [0.1, 0.15) is 0 Å². The van der Waals surface area contributed by atoms with Crippen molar-refractivity contribution < 1.29 is 9.90 Å². The van der Waals surface area contributed by atoms with Gasteiger partial charge < -0.3 is 10.0 Å². The monoisotopic (exact) mass is 258 g/mol. The molecule has 0 aliphatic carbocycles. The molecule has 1 heterocycles. The van der Waals surface area contributed by atoms with Crippen LogP contribution in [0, 0.1) is 11.3 Å². The second-order valence-corrected chi connectivity index (χ2v) is 5.34. The van der Waals surface area contributed by atoms with Gasteiger partial charge in [-0.05, 0) is 44.4 Å². The van der Waals surface area contributed by atoms with Crippen LogP contribution in [0.4, 0.5) is 0 Å². The number of amides is 1. The fourth-order valence-corrected chi connectivity index (χ4v) is 2.37. The molecule has 1 amide bonds. The normalized spacial score (nSPS) is 23.5. The van der Waals surface area contributed by atoms with E-state index in [-0.39, 0.29) is 5.91 Å². The van der Waals surface area contributed by atoms with E-state index in [1.54, 1.807) is 29.2 Å². The van der Waals surface area contributed by atoms with Gasteiger partial charge in [0.15, 0.2) is 0 Å². The lowest BCUT2D eigenvalue weighted by molar-refractivity contribution is 0.0438. The number of rotatable bonds is 1. The summed E-state index contributed by atoms with van der Waals surface area (Å²) in [6.07, 6.45) is 2.11. The molecule has 19 heavy (non-hydrogen) atoms. The molecule has 100 valence electrons. The molecule has 0 aromatic heterocycles. The van der Waals surface area contributed by atoms with E-state index in [0.717, 1.165) is 12.8 Å². The summed E-state index contributed by atoms with van der Waals surface area (Å²) in [4.78, 5) is 14.1. The largest absolute Gasteiger partial charge is 0.390 e. The third-order valence-corrected chi connectivity index (χ3v) is 3.59. The van der Waals surface area contributed by atoms with Crippen molar-refractivity contribution in [3.63, 3.8) is 0 Å². The fraction of sp³-hybridized carbons (Fsp3) is 0.467. The Balaban J connectivity index is 2.13. The van der Waals surface area contributed by atoms with Gasteiger partial charge in [0.05, 0.1) is 17.2 Å². The van der Waals surface area contributed by atoms with E-state index in [4.69, 9.17) is 5.26 Å². The molecule has 0 saturated carbocycles. The van der Waals surface area contributed by atoms with Crippen LogP contribution in [0.1, 0.15) is 42.1 Å². The van der Waals surface area contributed by atoms with Gasteiger partial charge in [0.2, 0.25) is 0 Å². The van der Waals surface area contributed by atoms with Gasteiger partial charge in [-0.3, -0.25) is 4.79 Å². The highest BCUT2D eigenvalue weighted by atomic mass is 16.3. The maximum Gasteiger partial charge on any atom is 0.253 e. The van der Waals surface area contributed by atoms with Gasteiger partial charge in [-0.2, -0.15) is 5.26 Å². The van der Waals surface area contributed by atoms with Gasteiger partial charge >= 0.3 is 0 Å². The smallest absolute Gasteiger partial charge is 0.253 e. The van der Waals surface area contributed by atoms with Crippen molar-refractivity contribution in [2.45, 2.75) is 31.8 Å². The summed E-state index contributed by atoms with van der Waals surface area (Å²) < 4.78 is 0. The van der Waals surface area contributed by atoms with Crippen molar-refractivity contribution in [2.75, 3.05) is 13.1 Å². The molecular weight excluding hydrogens is 240 g/mol. The van der Waals surface area contributed by atoms with Gasteiger partial charge in [0, 0.05) is 18.7 Å². The Labute approximate surface area is 113 Å². The summed E-state index contributed by atoms with van der Waals surface area (Å²) in [6.45, 7) is 3.03. The predicted octanol–water partition coefficient (Wildman–Crippen LogP) is 1.94. The molecule has 0 radical (unpaired) electrons. The Morgan fingerprint density at radius 1 is 1.42 bits per heavy atom. The molecule has 0 bridgehead atoms. The molecule has 1 aliphatic rings. The van der Waals surface area contributed by atoms with Crippen LogP contribution in [-0.4, -0.2) is 34.6 Å². The number of benzene rings is 1. The molecule has 1 atom stereocenters. The average Bonchev–Trinajstić information content (AvgIpc) is 2.59. The highest BCUT2D eigenvalue weighted by Gasteiger charge is 2.27. The first-order valence-electron chi connectivity index (χ1n) is 6.54. The topological polar surface area (TPSA) is 64.3 Å². The first kappa shape index (κ1) is 13.6. The highest BCUT2D eigenvalue weighted by Crippen LogP contribution is 2.22. The molecule has 1 unspecified atom stereocenters. The minimum atomic E-state index is -0.677. The Bertz CT molecular complexity index is 517. The summed E-state index contributed by atoms with van der Waals surface area (Å²) >= 11 is 0. The van der Waals surface area contributed by atoms with Crippen LogP contribution >= 0.6 is 0 Å². The van der Waals surface area contributed by atoms with Crippen molar-refractivity contribution in [2.24, 2.45) is 0 Å². The van der Waals surface area contributed by atoms with Crippen LogP contribution in [0.2, 0.25) is 0 Å². The van der Waals surface area contributed by atoms with Crippen molar-refractivity contribution in [3.8, 4) is 6.07 Å². The summed E-state index contributed by atoms with van der Waals surface area (Å²) in [7, 11) is 0. The van der Waals surface area contributed by atoms with E-state index < -0.39 is 5.60 Å². The number of aliphatic hydroxyl groups is 1. The summed E-state index contributed by atoms with van der Waals surface area (Å²) in [6, 6.07) is 8.79. The molecule has 0 spiro atoms. The zero-order valence-corrected chi connectivity index (χ0v) is 11.1. The van der Waals surface area contributed by atoms with Crippen molar-refractivity contribution >= 4 is 5.91 Å². The Morgan fingerprint density at radius 2 is 2.21 bits per heavy atom. The second kappa shape index (κ2) is 5.41. The lowest BCUT2D eigenvalue weighted by atomic mass is 9.98. The number of carbonyl (C=O) groups excluding carboxylic acids is 1. The molecule has 4 heteroatoms. The molecule has 4 nitrogen and oxygen atoms in total. The molecule has 2 rings (SSSR count). The van der Waals surface area contributed by atoms with Crippen LogP contribution < -0.4 is 0 Å². The zero-order chi connectivity index (χ0) is 13.9. The van der Waals surface area contributed by atoms with Crippen LogP contribution in [0.25, 0.3) is 0 Å². The van der Waals surface area contributed by atoms with Gasteiger partial charge in [-0.1, -0.05) is 6.07 Å². The summed E-state index contributed by atoms with van der Waals surface area (Å²) in [5.41, 5.74) is 0.358. The highest BCUT2D eigenvalue weighted by molar-refractivity contribution is 5.94. The van der Waals surface area contributed by atoms with E-state index in [0.29, 0.717) is 30.6 Å². The van der Waals surface area contributed by atoms with E-state index in [1.165, 1.54) is 0 Å². The van der Waals surface area contributed by atoms with Gasteiger partial charge in [-0.15, -0.1) is 0 Å². The number of hydrogen-bond acceptors (Lipinski definition) is 3. The van der Waals surface area contributed by atoms with Crippen molar-refractivity contribution in [1.29, 1.82) is 5.26 Å². The molecule has 1 fully saturated rings.